The van der Waals surface area contributed by atoms with Gasteiger partial charge in [0.2, 0.25) is 5.91 Å². The number of amides is 2. The minimum Gasteiger partial charge on any atom is -0.485 e. The standard InChI is InChI=1S/C22H24N2O3/c1-22(2)13-17-5-3-6-18(20(17)27-22)23-21(26)16-10-8-15(9-11-16)14-24-12-4-7-19(24)25/h3,5-6,8-11H,4,7,12-14H2,1-2H3,(H,23,26). The molecule has 0 aromatic heterocycles. The van der Waals surface area contributed by atoms with Crippen LogP contribution in [0.15, 0.2) is 42.5 Å². The summed E-state index contributed by atoms with van der Waals surface area (Å²) in [5.41, 5.74) is 3.18. The zero-order valence-electron chi connectivity index (χ0n) is 15.7. The average molecular weight is 364 g/mol. The largest absolute Gasteiger partial charge is 0.485 e. The van der Waals surface area contributed by atoms with Gasteiger partial charge in [0, 0.05) is 37.1 Å². The molecule has 4 rings (SSSR count). The molecule has 1 saturated heterocycles. The lowest BCUT2D eigenvalue weighted by Crippen LogP contribution is -2.25. The topological polar surface area (TPSA) is 58.6 Å². The second kappa shape index (κ2) is 6.72. The van der Waals surface area contributed by atoms with Crippen molar-refractivity contribution < 1.29 is 14.3 Å². The van der Waals surface area contributed by atoms with Gasteiger partial charge in [0.15, 0.2) is 0 Å². The highest BCUT2D eigenvalue weighted by atomic mass is 16.5. The van der Waals surface area contributed by atoms with E-state index in [1.54, 1.807) is 12.1 Å². The molecule has 140 valence electrons. The Morgan fingerprint density at radius 1 is 1.19 bits per heavy atom. The lowest BCUT2D eigenvalue weighted by Gasteiger charge is -2.18. The van der Waals surface area contributed by atoms with Crippen LogP contribution >= 0.6 is 0 Å². The van der Waals surface area contributed by atoms with E-state index in [0.717, 1.165) is 36.3 Å². The number of ether oxygens (including phenoxy) is 1. The minimum absolute atomic E-state index is 0.166. The van der Waals surface area contributed by atoms with Crippen molar-refractivity contribution in [2.45, 2.75) is 45.3 Å². The molecule has 0 bridgehead atoms. The van der Waals surface area contributed by atoms with Gasteiger partial charge in [0.25, 0.3) is 5.91 Å². The first-order valence-electron chi connectivity index (χ1n) is 9.40. The van der Waals surface area contributed by atoms with Gasteiger partial charge in [-0.1, -0.05) is 24.3 Å². The molecule has 2 aliphatic rings. The van der Waals surface area contributed by atoms with E-state index < -0.39 is 0 Å². The maximum absolute atomic E-state index is 12.7. The summed E-state index contributed by atoms with van der Waals surface area (Å²) in [6.45, 7) is 5.51. The van der Waals surface area contributed by atoms with Crippen molar-refractivity contribution in [2.75, 3.05) is 11.9 Å². The molecule has 0 aliphatic carbocycles. The predicted molar refractivity (Wildman–Crippen MR) is 104 cm³/mol. The van der Waals surface area contributed by atoms with Gasteiger partial charge in [-0.25, -0.2) is 0 Å². The average Bonchev–Trinajstić information content (AvgIpc) is 3.17. The molecule has 0 spiro atoms. The molecule has 1 N–H and O–H groups in total. The van der Waals surface area contributed by atoms with Crippen molar-refractivity contribution in [1.82, 2.24) is 4.90 Å². The van der Waals surface area contributed by atoms with Crippen molar-refractivity contribution >= 4 is 17.5 Å². The first-order valence-corrected chi connectivity index (χ1v) is 9.40. The summed E-state index contributed by atoms with van der Waals surface area (Å²) in [6, 6.07) is 13.3. The number of anilines is 1. The van der Waals surface area contributed by atoms with Gasteiger partial charge < -0.3 is 15.0 Å². The fourth-order valence-corrected chi connectivity index (χ4v) is 3.76. The number of nitrogens with zero attached hydrogens (tertiary/aromatic N) is 1. The van der Waals surface area contributed by atoms with Crippen molar-refractivity contribution in [1.29, 1.82) is 0 Å². The molecule has 2 heterocycles. The van der Waals surface area contributed by atoms with Crippen molar-refractivity contribution in [3.05, 3.63) is 59.2 Å². The molecule has 5 nitrogen and oxygen atoms in total. The molecular weight excluding hydrogens is 340 g/mol. The van der Waals surface area contributed by atoms with E-state index in [1.807, 2.05) is 49.1 Å². The van der Waals surface area contributed by atoms with Gasteiger partial charge >= 0.3 is 0 Å². The third-order valence-corrected chi connectivity index (χ3v) is 5.10. The zero-order chi connectivity index (χ0) is 19.0. The summed E-state index contributed by atoms with van der Waals surface area (Å²) in [4.78, 5) is 26.3. The number of likely N-dealkylation sites (tertiary alicyclic amines) is 1. The Hall–Kier alpha value is -2.82. The second-order valence-corrected chi connectivity index (χ2v) is 7.90. The fraction of sp³-hybridized carbons (Fsp3) is 0.364. The Bertz CT molecular complexity index is 887. The normalized spacial score (nSPS) is 17.6. The number of rotatable bonds is 4. The Morgan fingerprint density at radius 2 is 1.96 bits per heavy atom. The molecular formula is C22H24N2O3. The number of hydrogen-bond acceptors (Lipinski definition) is 3. The number of hydrogen-bond donors (Lipinski definition) is 1. The number of carbonyl (C=O) groups is 2. The SMILES string of the molecule is CC1(C)Cc2cccc(NC(=O)c3ccc(CN4CCCC4=O)cc3)c2O1. The highest BCUT2D eigenvalue weighted by Gasteiger charge is 2.32. The van der Waals surface area contributed by atoms with E-state index in [4.69, 9.17) is 4.74 Å². The quantitative estimate of drug-likeness (QED) is 0.898. The Morgan fingerprint density at radius 3 is 2.67 bits per heavy atom. The Labute approximate surface area is 159 Å². The molecule has 2 aliphatic heterocycles. The van der Waals surface area contributed by atoms with Gasteiger partial charge in [-0.15, -0.1) is 0 Å². The predicted octanol–water partition coefficient (Wildman–Crippen LogP) is 3.77. The molecule has 2 aromatic carbocycles. The van der Waals surface area contributed by atoms with Crippen LogP contribution in [-0.2, 0) is 17.8 Å². The summed E-state index contributed by atoms with van der Waals surface area (Å²) in [6.07, 6.45) is 2.40. The summed E-state index contributed by atoms with van der Waals surface area (Å²) >= 11 is 0. The van der Waals surface area contributed by atoms with E-state index in [2.05, 4.69) is 5.32 Å². The summed E-state index contributed by atoms with van der Waals surface area (Å²) < 4.78 is 6.01. The maximum Gasteiger partial charge on any atom is 0.255 e. The van der Waals surface area contributed by atoms with Crippen LogP contribution in [0.4, 0.5) is 5.69 Å². The van der Waals surface area contributed by atoms with E-state index in [9.17, 15) is 9.59 Å². The number of fused-ring (bicyclic) bond motifs is 1. The molecule has 0 saturated carbocycles. The minimum atomic E-state index is -0.252. The number of benzene rings is 2. The third-order valence-electron chi connectivity index (χ3n) is 5.10. The fourth-order valence-electron chi connectivity index (χ4n) is 3.76. The van der Waals surface area contributed by atoms with Crippen LogP contribution in [0.25, 0.3) is 0 Å². The van der Waals surface area contributed by atoms with Crippen molar-refractivity contribution in [3.63, 3.8) is 0 Å². The van der Waals surface area contributed by atoms with E-state index in [-0.39, 0.29) is 17.4 Å². The van der Waals surface area contributed by atoms with Gasteiger partial charge in [-0.05, 0) is 44.0 Å². The number of para-hydroxylation sites is 1. The van der Waals surface area contributed by atoms with Gasteiger partial charge in [-0.3, -0.25) is 9.59 Å². The third kappa shape index (κ3) is 3.68. The zero-order valence-corrected chi connectivity index (χ0v) is 15.7. The molecule has 2 amide bonds. The van der Waals surface area contributed by atoms with Crippen LogP contribution in [-0.4, -0.2) is 28.9 Å². The molecule has 0 radical (unpaired) electrons. The van der Waals surface area contributed by atoms with Crippen LogP contribution in [0.1, 0.15) is 48.2 Å². The molecule has 0 atom stereocenters. The van der Waals surface area contributed by atoms with Gasteiger partial charge in [0.05, 0.1) is 5.69 Å². The first kappa shape index (κ1) is 17.6. The second-order valence-electron chi connectivity index (χ2n) is 7.90. The van der Waals surface area contributed by atoms with Crippen LogP contribution < -0.4 is 10.1 Å². The lowest BCUT2D eigenvalue weighted by molar-refractivity contribution is -0.128. The Kier molecular flexibility index (Phi) is 4.38. The van der Waals surface area contributed by atoms with Crippen LogP contribution in [0, 0.1) is 0 Å². The summed E-state index contributed by atoms with van der Waals surface area (Å²) in [5, 5.41) is 2.97. The molecule has 2 aromatic rings. The van der Waals surface area contributed by atoms with Crippen LogP contribution in [0.2, 0.25) is 0 Å². The van der Waals surface area contributed by atoms with Crippen molar-refractivity contribution in [2.24, 2.45) is 0 Å². The Balaban J connectivity index is 1.45. The summed E-state index contributed by atoms with van der Waals surface area (Å²) in [7, 11) is 0. The highest BCUT2D eigenvalue weighted by Crippen LogP contribution is 2.40. The van der Waals surface area contributed by atoms with Crippen LogP contribution in [0.5, 0.6) is 5.75 Å². The van der Waals surface area contributed by atoms with E-state index in [1.165, 1.54) is 0 Å². The van der Waals surface area contributed by atoms with E-state index in [0.29, 0.717) is 24.2 Å². The highest BCUT2D eigenvalue weighted by molar-refractivity contribution is 6.05. The first-order chi connectivity index (χ1) is 12.9. The van der Waals surface area contributed by atoms with Crippen LogP contribution in [0.3, 0.4) is 0 Å². The maximum atomic E-state index is 12.7. The summed E-state index contributed by atoms with van der Waals surface area (Å²) in [5.74, 6) is 0.804. The number of carbonyl (C=O) groups excluding carboxylic acids is 2. The molecule has 27 heavy (non-hydrogen) atoms. The monoisotopic (exact) mass is 364 g/mol. The molecule has 0 unspecified atom stereocenters. The molecule has 1 fully saturated rings. The van der Waals surface area contributed by atoms with E-state index >= 15 is 0 Å². The number of nitrogens with one attached hydrogen (secondary N) is 1. The lowest BCUT2D eigenvalue weighted by atomic mass is 10.0. The van der Waals surface area contributed by atoms with Gasteiger partial charge in [0.1, 0.15) is 11.4 Å². The molecule has 5 heteroatoms. The van der Waals surface area contributed by atoms with Gasteiger partial charge in [-0.2, -0.15) is 0 Å². The van der Waals surface area contributed by atoms with Crippen molar-refractivity contribution in [3.8, 4) is 5.75 Å². The smallest absolute Gasteiger partial charge is 0.255 e.